The second-order valence-electron chi connectivity index (χ2n) is 9.75. The lowest BCUT2D eigenvalue weighted by Crippen LogP contribution is -2.52. The lowest BCUT2D eigenvalue weighted by atomic mass is 9.93. The minimum absolute atomic E-state index is 0.0980. The van der Waals surface area contributed by atoms with Crippen molar-refractivity contribution >= 4 is 56.7 Å². The summed E-state index contributed by atoms with van der Waals surface area (Å²) in [6.07, 6.45) is 4.02. The monoisotopic (exact) mass is 603 g/mol. The molecule has 14 heteroatoms. The highest BCUT2D eigenvalue weighted by atomic mass is 79.9. The van der Waals surface area contributed by atoms with E-state index in [1.807, 2.05) is 12.1 Å². The summed E-state index contributed by atoms with van der Waals surface area (Å²) in [4.78, 5) is 40.1. The van der Waals surface area contributed by atoms with Gasteiger partial charge in [-0.15, -0.1) is 0 Å². The zero-order chi connectivity index (χ0) is 26.4. The number of hydrogen-bond acceptors (Lipinski definition) is 9. The molecule has 1 aromatic carbocycles. The van der Waals surface area contributed by atoms with Crippen molar-refractivity contribution in [3.63, 3.8) is 0 Å². The van der Waals surface area contributed by atoms with Crippen molar-refractivity contribution in [1.29, 1.82) is 0 Å². The van der Waals surface area contributed by atoms with E-state index in [2.05, 4.69) is 35.8 Å². The van der Waals surface area contributed by atoms with Crippen LogP contribution in [0.15, 0.2) is 33.0 Å². The number of benzene rings is 1. The first-order valence-corrected chi connectivity index (χ1v) is 14.0. The molecule has 6 rings (SSSR count). The molecule has 0 radical (unpaired) electrons. The molecule has 3 aliphatic rings. The molecule has 1 aliphatic carbocycles. The van der Waals surface area contributed by atoms with Crippen LogP contribution in [0.25, 0.3) is 11.2 Å². The van der Waals surface area contributed by atoms with Gasteiger partial charge in [-0.3, -0.25) is 4.79 Å². The molecule has 0 bridgehead atoms. The number of nitrogens with one attached hydrogen (secondary N) is 1. The van der Waals surface area contributed by atoms with Gasteiger partial charge in [-0.05, 0) is 66.1 Å². The fourth-order valence-electron chi connectivity index (χ4n) is 5.05. The van der Waals surface area contributed by atoms with E-state index in [9.17, 15) is 9.59 Å². The quantitative estimate of drug-likeness (QED) is 0.365. The highest BCUT2D eigenvalue weighted by Gasteiger charge is 2.53. The fourth-order valence-corrected chi connectivity index (χ4v) is 6.56. The first kappa shape index (κ1) is 25.0. The van der Waals surface area contributed by atoms with E-state index in [4.69, 9.17) is 25.3 Å². The Kier molecular flexibility index (Phi) is 6.46. The van der Waals surface area contributed by atoms with Gasteiger partial charge in [0, 0.05) is 29.0 Å². The Hall–Kier alpha value is -3.26. The summed E-state index contributed by atoms with van der Waals surface area (Å²) in [6.45, 7) is 2.12. The van der Waals surface area contributed by atoms with Crippen molar-refractivity contribution in [2.24, 2.45) is 5.92 Å². The molecule has 4 N–H and O–H groups in total. The van der Waals surface area contributed by atoms with Gasteiger partial charge in [0.2, 0.25) is 12.7 Å². The average molecular weight is 604 g/mol. The fraction of sp³-hybridized carbons (Fsp3) is 0.458. The van der Waals surface area contributed by atoms with Gasteiger partial charge in [-0.25, -0.2) is 19.7 Å². The van der Waals surface area contributed by atoms with Gasteiger partial charge < -0.3 is 35.1 Å². The average Bonchev–Trinajstić information content (AvgIpc) is 3.37. The van der Waals surface area contributed by atoms with E-state index in [0.717, 1.165) is 33.8 Å². The number of carbonyl (C=O) groups excluding carboxylic acids is 1. The summed E-state index contributed by atoms with van der Waals surface area (Å²) in [5, 5.41) is 12.2. The Labute approximate surface area is 230 Å². The van der Waals surface area contributed by atoms with Gasteiger partial charge in [-0.1, -0.05) is 11.8 Å². The Bertz CT molecular complexity index is 1420. The Morgan fingerprint density at radius 3 is 2.66 bits per heavy atom. The maximum absolute atomic E-state index is 12.9. The Balaban J connectivity index is 1.16. The number of rotatable bonds is 7. The number of carbonyl (C=O) groups is 2. The molecule has 0 atom stereocenters. The zero-order valence-corrected chi connectivity index (χ0v) is 22.8. The van der Waals surface area contributed by atoms with Crippen molar-refractivity contribution in [2.45, 2.75) is 54.2 Å². The summed E-state index contributed by atoms with van der Waals surface area (Å²) >= 11 is 5.11. The minimum Gasteiger partial charge on any atom is -0.465 e. The summed E-state index contributed by atoms with van der Waals surface area (Å²) < 4.78 is 14.0. The maximum atomic E-state index is 12.9. The van der Waals surface area contributed by atoms with Crippen molar-refractivity contribution in [1.82, 2.24) is 29.7 Å². The molecule has 38 heavy (non-hydrogen) atoms. The van der Waals surface area contributed by atoms with Crippen LogP contribution in [0.2, 0.25) is 0 Å². The number of carboxylic acid groups (broad SMARTS) is 1. The van der Waals surface area contributed by atoms with Gasteiger partial charge in [0.15, 0.2) is 33.6 Å². The van der Waals surface area contributed by atoms with Crippen molar-refractivity contribution < 1.29 is 24.2 Å². The first-order valence-electron chi connectivity index (χ1n) is 12.4. The molecule has 1 saturated heterocycles. The summed E-state index contributed by atoms with van der Waals surface area (Å²) in [5.41, 5.74) is 6.46. The van der Waals surface area contributed by atoms with Crippen molar-refractivity contribution in [2.75, 3.05) is 25.6 Å². The molecule has 3 aromatic rings. The molecule has 2 fully saturated rings. The van der Waals surface area contributed by atoms with Crippen LogP contribution >= 0.6 is 27.7 Å². The van der Waals surface area contributed by atoms with E-state index in [1.54, 1.807) is 4.90 Å². The number of ether oxygens (including phenoxy) is 2. The van der Waals surface area contributed by atoms with Gasteiger partial charge >= 0.3 is 6.09 Å². The van der Waals surface area contributed by atoms with E-state index in [0.29, 0.717) is 66.9 Å². The van der Waals surface area contributed by atoms with Crippen molar-refractivity contribution in [3.05, 3.63) is 22.9 Å². The molecule has 0 unspecified atom stereocenters. The van der Waals surface area contributed by atoms with Crippen LogP contribution < -0.4 is 20.5 Å². The number of aromatic nitrogens is 4. The number of aryl methyl sites for hydroxylation is 1. The number of imidazole rings is 1. The number of fused-ring (bicyclic) bond motifs is 2. The molecule has 2 amide bonds. The van der Waals surface area contributed by atoms with Crippen LogP contribution in [0.4, 0.5) is 10.6 Å². The van der Waals surface area contributed by atoms with Crippen LogP contribution in [-0.4, -0.2) is 66.9 Å². The first-order chi connectivity index (χ1) is 18.3. The lowest BCUT2D eigenvalue weighted by molar-refractivity contribution is -0.135. The molecule has 4 heterocycles. The van der Waals surface area contributed by atoms with E-state index in [1.165, 1.54) is 18.1 Å². The maximum Gasteiger partial charge on any atom is 0.405 e. The highest BCUT2D eigenvalue weighted by molar-refractivity contribution is 9.10. The van der Waals surface area contributed by atoms with Crippen LogP contribution in [0.3, 0.4) is 0 Å². The molecular formula is C24H26BrN7O5S. The summed E-state index contributed by atoms with van der Waals surface area (Å²) in [6, 6.07) is 3.81. The third-order valence-electron chi connectivity index (χ3n) is 7.32. The van der Waals surface area contributed by atoms with E-state index >= 15 is 0 Å². The van der Waals surface area contributed by atoms with Crippen LogP contribution in [0, 0.1) is 5.92 Å². The highest BCUT2D eigenvalue weighted by Crippen LogP contribution is 2.43. The number of halogens is 1. The smallest absolute Gasteiger partial charge is 0.405 e. The van der Waals surface area contributed by atoms with Gasteiger partial charge in [-0.2, -0.15) is 0 Å². The molecule has 12 nitrogen and oxygen atoms in total. The van der Waals surface area contributed by atoms with Gasteiger partial charge in [0.05, 0.1) is 0 Å². The van der Waals surface area contributed by atoms with Gasteiger partial charge in [0.1, 0.15) is 11.9 Å². The molecule has 1 saturated carbocycles. The minimum atomic E-state index is -1.15. The number of amides is 2. The molecule has 200 valence electrons. The lowest BCUT2D eigenvalue weighted by Gasteiger charge is -2.34. The molecule has 2 aromatic heterocycles. The number of likely N-dealkylation sites (tertiary alicyclic amines) is 1. The predicted molar refractivity (Wildman–Crippen MR) is 141 cm³/mol. The number of anilines is 1. The molecular weight excluding hydrogens is 578 g/mol. The summed E-state index contributed by atoms with van der Waals surface area (Å²) in [5.74, 6) is 2.02. The number of nitrogen functional groups attached to an aromatic ring is 1. The normalized spacial score (nSPS) is 18.1. The topological polar surface area (TPSA) is 158 Å². The second kappa shape index (κ2) is 9.80. The number of piperidine rings is 1. The van der Waals surface area contributed by atoms with E-state index in [-0.39, 0.29) is 12.7 Å². The Morgan fingerprint density at radius 2 is 1.95 bits per heavy atom. The third kappa shape index (κ3) is 4.70. The SMILES string of the molecule is Nc1ncnc2c1nc(Sc1cc3c(cc1Br)OCO3)n2CCC1CCN(C(=O)C2(NC(=O)O)CC2)CC1. The van der Waals surface area contributed by atoms with Crippen molar-refractivity contribution in [3.8, 4) is 11.5 Å². The largest absolute Gasteiger partial charge is 0.465 e. The predicted octanol–water partition coefficient (Wildman–Crippen LogP) is 3.48. The van der Waals surface area contributed by atoms with E-state index < -0.39 is 11.6 Å². The zero-order valence-electron chi connectivity index (χ0n) is 20.4. The molecule has 0 spiro atoms. The summed E-state index contributed by atoms with van der Waals surface area (Å²) in [7, 11) is 0. The Morgan fingerprint density at radius 1 is 1.21 bits per heavy atom. The number of hydrogen-bond donors (Lipinski definition) is 3. The standard InChI is InChI=1S/C24H26BrN7O5S/c25-14-9-15-16(37-12-36-15)10-17(14)38-22-29-18-19(26)27-11-28-20(18)32(22)8-3-13-1-6-31(7-2-13)21(33)24(4-5-24)30-23(34)35/h9-11,13,30H,1-8,12H2,(H,34,35)(H2,26,27,28). The van der Waals surface area contributed by atoms with Gasteiger partial charge in [0.25, 0.3) is 0 Å². The van der Waals surface area contributed by atoms with Crippen LogP contribution in [0.1, 0.15) is 32.1 Å². The van der Waals surface area contributed by atoms with Crippen LogP contribution in [-0.2, 0) is 11.3 Å². The number of nitrogens with two attached hydrogens (primary N) is 1. The third-order valence-corrected chi connectivity index (χ3v) is 9.29. The second-order valence-corrected chi connectivity index (χ2v) is 11.6. The number of nitrogens with zero attached hydrogens (tertiary/aromatic N) is 5. The van der Waals surface area contributed by atoms with Crippen LogP contribution in [0.5, 0.6) is 11.5 Å². The molecule has 2 aliphatic heterocycles.